The first-order valence-electron chi connectivity index (χ1n) is 13.0. The molecule has 0 bridgehead atoms. The number of methoxy groups -OCH3 is 2. The van der Waals surface area contributed by atoms with Crippen LogP contribution in [0.5, 0.6) is 11.5 Å². The topological polar surface area (TPSA) is 101 Å². The van der Waals surface area contributed by atoms with Gasteiger partial charge in [0, 0.05) is 56.5 Å². The van der Waals surface area contributed by atoms with Gasteiger partial charge in [0.2, 0.25) is 0 Å². The van der Waals surface area contributed by atoms with E-state index in [0.717, 1.165) is 50.6 Å². The minimum Gasteiger partial charge on any atom is -0.496 e. The number of fused-ring (bicyclic) bond motifs is 6. The van der Waals surface area contributed by atoms with E-state index in [-0.39, 0.29) is 11.2 Å². The van der Waals surface area contributed by atoms with E-state index in [1.807, 2.05) is 18.2 Å². The number of hydrogen-bond acceptors (Lipinski definition) is 9. The van der Waals surface area contributed by atoms with Crippen LogP contribution < -0.4 is 20.7 Å². The molecule has 0 saturated carbocycles. The van der Waals surface area contributed by atoms with Crippen molar-refractivity contribution in [3.63, 3.8) is 0 Å². The predicted octanol–water partition coefficient (Wildman–Crippen LogP) is 2.71. The van der Waals surface area contributed by atoms with Crippen molar-refractivity contribution < 1.29 is 14.2 Å². The van der Waals surface area contributed by atoms with Crippen LogP contribution >= 0.6 is 11.3 Å². The number of likely N-dealkylation sites (tertiary alicyclic amines) is 1. The molecule has 2 aliphatic rings. The maximum absolute atomic E-state index is 13.4. The molecule has 4 aromatic rings. The van der Waals surface area contributed by atoms with Crippen LogP contribution in [0, 0.1) is 5.92 Å². The van der Waals surface area contributed by atoms with Crippen molar-refractivity contribution in [2.45, 2.75) is 31.8 Å². The summed E-state index contributed by atoms with van der Waals surface area (Å²) in [5.41, 5.74) is 1.73. The number of ether oxygens (including phenoxy) is 3. The quantitative estimate of drug-likeness (QED) is 0.301. The highest BCUT2D eigenvalue weighted by Crippen LogP contribution is 2.46. The Morgan fingerprint density at radius 3 is 2.74 bits per heavy atom. The SMILES string of the molecule is COCCn1c(=O)n(CCCCN2C[C@@H]3COc4cccc(OC)c4[C@H]3C2)c(=O)c2sc3nccnc3c21. The molecule has 38 heavy (non-hydrogen) atoms. The first-order valence-corrected chi connectivity index (χ1v) is 13.8. The third-order valence-corrected chi connectivity index (χ3v) is 8.75. The van der Waals surface area contributed by atoms with Crippen LogP contribution in [0.2, 0.25) is 0 Å². The molecule has 0 amide bonds. The molecular formula is C27H31N5O5S. The zero-order valence-electron chi connectivity index (χ0n) is 21.6. The summed E-state index contributed by atoms with van der Waals surface area (Å²) >= 11 is 1.29. The molecule has 0 radical (unpaired) electrons. The van der Waals surface area contributed by atoms with Gasteiger partial charge in [0.25, 0.3) is 5.56 Å². The first kappa shape index (κ1) is 25.0. The summed E-state index contributed by atoms with van der Waals surface area (Å²) in [6, 6.07) is 6.00. The summed E-state index contributed by atoms with van der Waals surface area (Å²) in [4.78, 5) is 38.7. The maximum atomic E-state index is 13.4. The minimum absolute atomic E-state index is 0.267. The molecule has 0 aliphatic carbocycles. The Bertz CT molecular complexity index is 1580. The standard InChI is InChI=1S/C27H31N5O5S/c1-35-13-12-31-23-22-25(29-9-8-28-22)38-24(23)26(33)32(27(31)34)11-4-3-10-30-14-17-16-37-20-7-5-6-19(36-2)21(20)18(17)15-30/h5-9,17-18H,3-4,10-16H2,1-2H3/t17-,18+/m1/s1. The molecule has 2 atom stereocenters. The fourth-order valence-corrected chi connectivity index (χ4v) is 6.94. The lowest BCUT2D eigenvalue weighted by Crippen LogP contribution is -2.40. The molecular weight excluding hydrogens is 506 g/mol. The van der Waals surface area contributed by atoms with Crippen LogP contribution in [-0.4, -0.2) is 71.1 Å². The molecule has 0 unspecified atom stereocenters. The van der Waals surface area contributed by atoms with Crippen molar-refractivity contribution in [2.75, 3.05) is 47.1 Å². The van der Waals surface area contributed by atoms with E-state index in [2.05, 4.69) is 14.9 Å². The molecule has 0 N–H and O–H groups in total. The van der Waals surface area contributed by atoms with Gasteiger partial charge in [-0.2, -0.15) is 0 Å². The highest BCUT2D eigenvalue weighted by atomic mass is 32.1. The van der Waals surface area contributed by atoms with E-state index in [4.69, 9.17) is 14.2 Å². The van der Waals surface area contributed by atoms with Gasteiger partial charge in [-0.15, -0.1) is 11.3 Å². The fraction of sp³-hybridized carbons (Fsp3) is 0.481. The smallest absolute Gasteiger partial charge is 0.331 e. The Labute approximate surface area is 223 Å². The van der Waals surface area contributed by atoms with E-state index in [9.17, 15) is 9.59 Å². The van der Waals surface area contributed by atoms with E-state index in [0.29, 0.717) is 52.1 Å². The van der Waals surface area contributed by atoms with Gasteiger partial charge in [0.15, 0.2) is 0 Å². The zero-order valence-corrected chi connectivity index (χ0v) is 22.4. The molecule has 5 heterocycles. The van der Waals surface area contributed by atoms with Crippen molar-refractivity contribution in [1.82, 2.24) is 24.0 Å². The molecule has 11 heteroatoms. The van der Waals surface area contributed by atoms with Crippen molar-refractivity contribution >= 4 is 31.9 Å². The molecule has 6 rings (SSSR count). The lowest BCUT2D eigenvalue weighted by atomic mass is 9.86. The van der Waals surface area contributed by atoms with Crippen LogP contribution in [0.15, 0.2) is 40.2 Å². The van der Waals surface area contributed by atoms with Gasteiger partial charge in [-0.3, -0.25) is 13.9 Å². The zero-order chi connectivity index (χ0) is 26.2. The average Bonchev–Trinajstić information content (AvgIpc) is 3.54. The summed E-state index contributed by atoms with van der Waals surface area (Å²) < 4.78 is 20.4. The van der Waals surface area contributed by atoms with Gasteiger partial charge in [0.05, 0.1) is 32.4 Å². The van der Waals surface area contributed by atoms with Crippen molar-refractivity contribution in [3.8, 4) is 11.5 Å². The molecule has 1 fully saturated rings. The summed E-state index contributed by atoms with van der Waals surface area (Å²) in [7, 11) is 3.30. The van der Waals surface area contributed by atoms with Gasteiger partial charge in [-0.1, -0.05) is 6.07 Å². The summed E-state index contributed by atoms with van der Waals surface area (Å²) in [5.74, 6) is 2.65. The summed E-state index contributed by atoms with van der Waals surface area (Å²) in [6.45, 7) is 4.63. The number of rotatable bonds is 9. The van der Waals surface area contributed by atoms with Gasteiger partial charge in [-0.05, 0) is 31.5 Å². The first-order chi connectivity index (χ1) is 18.6. The summed E-state index contributed by atoms with van der Waals surface area (Å²) in [6.07, 6.45) is 4.80. The number of benzene rings is 1. The second kappa shape index (κ2) is 10.5. The van der Waals surface area contributed by atoms with Gasteiger partial charge >= 0.3 is 5.69 Å². The number of aromatic nitrogens is 4. The lowest BCUT2D eigenvalue weighted by Gasteiger charge is -2.29. The van der Waals surface area contributed by atoms with E-state index < -0.39 is 0 Å². The average molecular weight is 538 g/mol. The number of thiophene rings is 1. The fourth-order valence-electron chi connectivity index (χ4n) is 5.88. The van der Waals surface area contributed by atoms with Crippen LogP contribution in [0.4, 0.5) is 0 Å². The van der Waals surface area contributed by atoms with Crippen LogP contribution in [-0.2, 0) is 17.8 Å². The third kappa shape index (κ3) is 4.28. The number of unbranched alkanes of at least 4 members (excludes halogenated alkanes) is 1. The van der Waals surface area contributed by atoms with Crippen molar-refractivity contribution in [3.05, 3.63) is 57.0 Å². The molecule has 200 valence electrons. The van der Waals surface area contributed by atoms with Crippen molar-refractivity contribution in [1.29, 1.82) is 0 Å². The highest BCUT2D eigenvalue weighted by Gasteiger charge is 2.40. The largest absolute Gasteiger partial charge is 0.496 e. The van der Waals surface area contributed by atoms with Gasteiger partial charge < -0.3 is 19.1 Å². The molecule has 1 aromatic carbocycles. The van der Waals surface area contributed by atoms with E-state index in [1.165, 1.54) is 21.5 Å². The number of hydrogen-bond donors (Lipinski definition) is 0. The molecule has 0 spiro atoms. The molecule has 10 nitrogen and oxygen atoms in total. The maximum Gasteiger partial charge on any atom is 0.331 e. The Balaban J connectivity index is 1.17. The highest BCUT2D eigenvalue weighted by molar-refractivity contribution is 7.25. The van der Waals surface area contributed by atoms with Gasteiger partial charge in [0.1, 0.15) is 26.5 Å². The Morgan fingerprint density at radius 2 is 1.89 bits per heavy atom. The van der Waals surface area contributed by atoms with Crippen LogP contribution in [0.25, 0.3) is 20.6 Å². The second-order valence-electron chi connectivity index (χ2n) is 9.89. The van der Waals surface area contributed by atoms with Gasteiger partial charge in [-0.25, -0.2) is 14.8 Å². The number of nitrogens with zero attached hydrogens (tertiary/aromatic N) is 5. The lowest BCUT2D eigenvalue weighted by molar-refractivity contribution is 0.186. The molecule has 1 saturated heterocycles. The third-order valence-electron chi connectivity index (χ3n) is 7.69. The normalized spacial score (nSPS) is 19.0. The van der Waals surface area contributed by atoms with E-state index in [1.54, 1.807) is 31.2 Å². The predicted molar refractivity (Wildman–Crippen MR) is 146 cm³/mol. The van der Waals surface area contributed by atoms with Crippen LogP contribution in [0.3, 0.4) is 0 Å². The Hall–Kier alpha value is -3.28. The monoisotopic (exact) mass is 537 g/mol. The molecule has 2 aliphatic heterocycles. The second-order valence-corrected chi connectivity index (χ2v) is 10.9. The Morgan fingerprint density at radius 1 is 1.05 bits per heavy atom. The summed E-state index contributed by atoms with van der Waals surface area (Å²) in [5, 5.41) is 0. The molecule has 3 aromatic heterocycles. The van der Waals surface area contributed by atoms with E-state index >= 15 is 0 Å². The van der Waals surface area contributed by atoms with Crippen LogP contribution in [0.1, 0.15) is 24.3 Å². The minimum atomic E-state index is -0.321. The Kier molecular flexibility index (Phi) is 6.89. The van der Waals surface area contributed by atoms with Crippen molar-refractivity contribution in [2.24, 2.45) is 5.92 Å².